The molecule has 0 nitrogen and oxygen atoms in total. The highest BCUT2D eigenvalue weighted by molar-refractivity contribution is 9.13. The Labute approximate surface area is 142 Å². The van der Waals surface area contributed by atoms with E-state index in [-0.39, 0.29) is 0 Å². The zero-order valence-electron chi connectivity index (χ0n) is 8.28. The molecule has 2 aromatic carbocycles. The van der Waals surface area contributed by atoms with E-state index in [1.807, 2.05) is 18.2 Å². The van der Waals surface area contributed by atoms with Crippen LogP contribution in [0.25, 0.3) is 11.1 Å². The van der Waals surface area contributed by atoms with Crippen LogP contribution in [-0.4, -0.2) is 0 Å². The highest BCUT2D eigenvalue weighted by Crippen LogP contribution is 2.40. The van der Waals surface area contributed by atoms with Gasteiger partial charge < -0.3 is 0 Å². The van der Waals surface area contributed by atoms with Gasteiger partial charge in [0.05, 0.1) is 0 Å². The molecule has 0 aliphatic carbocycles. The molecule has 0 bridgehead atoms. The first-order valence-electron chi connectivity index (χ1n) is 4.59. The lowest BCUT2D eigenvalue weighted by Crippen LogP contribution is -1.84. The number of halogens is 5. The van der Waals surface area contributed by atoms with Crippen molar-refractivity contribution in [1.29, 1.82) is 0 Å². The molecule has 0 radical (unpaired) electrons. The number of hydrogen-bond donors (Lipinski definition) is 0. The average Bonchev–Trinajstić information content (AvgIpc) is 2.24. The van der Waals surface area contributed by atoms with Crippen molar-refractivity contribution in [1.82, 2.24) is 0 Å². The lowest BCUT2D eigenvalue weighted by Gasteiger charge is -2.10. The molecule has 0 fully saturated rings. The summed E-state index contributed by atoms with van der Waals surface area (Å²) in [5.41, 5.74) is 2.27. The monoisotopic (exact) mass is 544 g/mol. The van der Waals surface area contributed by atoms with Crippen molar-refractivity contribution in [2.24, 2.45) is 0 Å². The fourth-order valence-corrected chi connectivity index (χ4v) is 4.39. The van der Waals surface area contributed by atoms with E-state index in [2.05, 4.69) is 91.8 Å². The minimum absolute atomic E-state index is 1.02. The maximum absolute atomic E-state index is 3.60. The minimum atomic E-state index is 1.02. The van der Waals surface area contributed by atoms with Crippen LogP contribution < -0.4 is 0 Å². The first-order valence-corrected chi connectivity index (χ1v) is 8.55. The van der Waals surface area contributed by atoms with Crippen LogP contribution >= 0.6 is 79.6 Å². The Hall–Kier alpha value is 0.840. The van der Waals surface area contributed by atoms with Gasteiger partial charge in [-0.2, -0.15) is 0 Å². The molecule has 0 saturated heterocycles. The summed E-state index contributed by atoms with van der Waals surface area (Å²) in [5, 5.41) is 0. The van der Waals surface area contributed by atoms with Gasteiger partial charge in [-0.3, -0.25) is 0 Å². The quantitative estimate of drug-likeness (QED) is 0.332. The minimum Gasteiger partial charge on any atom is -0.0521 e. The van der Waals surface area contributed by atoms with E-state index in [1.54, 1.807) is 0 Å². The molecule has 5 heteroatoms. The van der Waals surface area contributed by atoms with Gasteiger partial charge >= 0.3 is 0 Å². The van der Waals surface area contributed by atoms with Gasteiger partial charge in [0.2, 0.25) is 0 Å². The Kier molecular flexibility index (Phi) is 4.92. The van der Waals surface area contributed by atoms with E-state index >= 15 is 0 Å². The molecule has 0 atom stereocenters. The summed E-state index contributed by atoms with van der Waals surface area (Å²) >= 11 is 17.7. The second kappa shape index (κ2) is 5.87. The first kappa shape index (κ1) is 14.3. The van der Waals surface area contributed by atoms with Gasteiger partial charge in [-0.25, -0.2) is 0 Å². The zero-order chi connectivity index (χ0) is 12.6. The fraction of sp³-hybridized carbons (Fsp3) is 0. The molecule has 0 saturated carbocycles. The summed E-state index contributed by atoms with van der Waals surface area (Å²) in [6.45, 7) is 0. The van der Waals surface area contributed by atoms with Gasteiger partial charge in [-0.1, -0.05) is 53.9 Å². The van der Waals surface area contributed by atoms with Crippen LogP contribution in [0.3, 0.4) is 0 Å². The lowest BCUT2D eigenvalue weighted by molar-refractivity contribution is 1.49. The molecule has 0 N–H and O–H groups in total. The van der Waals surface area contributed by atoms with Gasteiger partial charge in [0.15, 0.2) is 0 Å². The largest absolute Gasteiger partial charge is 0.0521 e. The third-order valence-corrected chi connectivity index (χ3v) is 5.83. The van der Waals surface area contributed by atoms with Crippen molar-refractivity contribution in [2.45, 2.75) is 0 Å². The number of benzene rings is 2. The third kappa shape index (κ3) is 3.24. The Morgan fingerprint density at radius 3 is 1.88 bits per heavy atom. The molecule has 0 amide bonds. The first-order chi connectivity index (χ1) is 7.99. The van der Waals surface area contributed by atoms with Gasteiger partial charge in [-0.05, 0) is 67.3 Å². The van der Waals surface area contributed by atoms with Crippen LogP contribution in [0.2, 0.25) is 0 Å². The smallest absolute Gasteiger partial charge is 0.0397 e. The standard InChI is InChI=1S/C12H5Br5/c13-6-1-2-8(10(15)4-6)9-3-7(14)5-11(16)12(9)17/h1-5H. The van der Waals surface area contributed by atoms with Gasteiger partial charge in [0.1, 0.15) is 0 Å². The van der Waals surface area contributed by atoms with Crippen LogP contribution in [0.15, 0.2) is 52.7 Å². The molecular weight excluding hydrogens is 544 g/mol. The highest BCUT2D eigenvalue weighted by Gasteiger charge is 2.11. The number of hydrogen-bond acceptors (Lipinski definition) is 0. The highest BCUT2D eigenvalue weighted by atomic mass is 79.9. The zero-order valence-corrected chi connectivity index (χ0v) is 16.2. The van der Waals surface area contributed by atoms with E-state index in [4.69, 9.17) is 0 Å². The van der Waals surface area contributed by atoms with Crippen molar-refractivity contribution in [2.75, 3.05) is 0 Å². The van der Waals surface area contributed by atoms with Crippen molar-refractivity contribution < 1.29 is 0 Å². The van der Waals surface area contributed by atoms with Crippen molar-refractivity contribution in [3.8, 4) is 11.1 Å². The van der Waals surface area contributed by atoms with Crippen LogP contribution in [0.4, 0.5) is 0 Å². The molecule has 88 valence electrons. The third-order valence-electron chi connectivity index (χ3n) is 2.21. The summed E-state index contributed by atoms with van der Waals surface area (Å²) in [7, 11) is 0. The Bertz CT molecular complexity index is 577. The van der Waals surface area contributed by atoms with Crippen LogP contribution in [0, 0.1) is 0 Å². The summed E-state index contributed by atoms with van der Waals surface area (Å²) in [5.74, 6) is 0. The summed E-state index contributed by atoms with van der Waals surface area (Å²) in [6, 6.07) is 10.2. The SMILES string of the molecule is Brc1ccc(-c2cc(Br)cc(Br)c2Br)c(Br)c1. The maximum atomic E-state index is 3.60. The Morgan fingerprint density at radius 1 is 0.588 bits per heavy atom. The topological polar surface area (TPSA) is 0 Å². The van der Waals surface area contributed by atoms with E-state index < -0.39 is 0 Å². The lowest BCUT2D eigenvalue weighted by atomic mass is 10.1. The van der Waals surface area contributed by atoms with Crippen LogP contribution in [0.5, 0.6) is 0 Å². The molecule has 0 heterocycles. The second-order valence-electron chi connectivity index (χ2n) is 3.37. The Balaban J connectivity index is 2.68. The normalized spacial score (nSPS) is 10.6. The molecule has 0 aliphatic heterocycles. The van der Waals surface area contributed by atoms with E-state index in [0.717, 1.165) is 33.5 Å². The predicted octanol–water partition coefficient (Wildman–Crippen LogP) is 7.17. The van der Waals surface area contributed by atoms with Crippen molar-refractivity contribution in [3.63, 3.8) is 0 Å². The van der Waals surface area contributed by atoms with Crippen molar-refractivity contribution >= 4 is 79.6 Å². The van der Waals surface area contributed by atoms with Crippen molar-refractivity contribution in [3.05, 3.63) is 52.7 Å². The molecule has 0 aliphatic rings. The van der Waals surface area contributed by atoms with Gasteiger partial charge in [0, 0.05) is 22.4 Å². The molecule has 2 rings (SSSR count). The summed E-state index contributed by atoms with van der Waals surface area (Å²) < 4.78 is 5.22. The molecule has 0 spiro atoms. The number of rotatable bonds is 1. The van der Waals surface area contributed by atoms with E-state index in [0.29, 0.717) is 0 Å². The molecular formula is C12H5Br5. The van der Waals surface area contributed by atoms with Gasteiger partial charge in [-0.15, -0.1) is 0 Å². The van der Waals surface area contributed by atoms with Crippen LogP contribution in [-0.2, 0) is 0 Å². The Morgan fingerprint density at radius 2 is 1.24 bits per heavy atom. The predicted molar refractivity (Wildman–Crippen MR) is 90.4 cm³/mol. The summed E-state index contributed by atoms with van der Waals surface area (Å²) in [4.78, 5) is 0. The van der Waals surface area contributed by atoms with Crippen LogP contribution in [0.1, 0.15) is 0 Å². The summed E-state index contributed by atoms with van der Waals surface area (Å²) in [6.07, 6.45) is 0. The maximum Gasteiger partial charge on any atom is 0.0397 e. The van der Waals surface area contributed by atoms with E-state index in [9.17, 15) is 0 Å². The molecule has 17 heavy (non-hydrogen) atoms. The molecule has 0 unspecified atom stereocenters. The second-order valence-corrected chi connectivity index (χ2v) is 7.71. The van der Waals surface area contributed by atoms with E-state index in [1.165, 1.54) is 0 Å². The molecule has 0 aromatic heterocycles. The molecule has 2 aromatic rings. The average molecular weight is 549 g/mol. The van der Waals surface area contributed by atoms with Gasteiger partial charge in [0.25, 0.3) is 0 Å². The fourth-order valence-electron chi connectivity index (χ4n) is 1.46.